The minimum atomic E-state index is -0.234. The average molecular weight is 233 g/mol. The van der Waals surface area contributed by atoms with Gasteiger partial charge >= 0.3 is 0 Å². The molecule has 0 radical (unpaired) electrons. The fourth-order valence-corrected chi connectivity index (χ4v) is 2.25. The Morgan fingerprint density at radius 2 is 2.35 bits per heavy atom. The molecule has 0 saturated carbocycles. The minimum Gasteiger partial charge on any atom is -0.393 e. The first kappa shape index (κ1) is 10.5. The van der Waals surface area contributed by atoms with Crippen LogP contribution < -0.4 is 0 Å². The maximum Gasteiger partial charge on any atom is 0.104 e. The van der Waals surface area contributed by atoms with Gasteiger partial charge in [-0.1, -0.05) is 5.21 Å². The standard InChI is InChI=1S/C11H15N5O/c1-15-6-9(12-14-15)7-16-5-8-2-3-10(17)4-11(8)13-16/h5-6,10,17H,2-4,7H2,1H3. The molecule has 0 aromatic carbocycles. The fourth-order valence-electron chi connectivity index (χ4n) is 2.25. The second-order valence-corrected chi connectivity index (χ2v) is 4.58. The zero-order valence-corrected chi connectivity index (χ0v) is 9.74. The molecule has 3 rings (SSSR count). The number of hydrogen-bond donors (Lipinski definition) is 1. The van der Waals surface area contributed by atoms with Crippen LogP contribution in [-0.4, -0.2) is 36.0 Å². The van der Waals surface area contributed by atoms with Gasteiger partial charge < -0.3 is 5.11 Å². The van der Waals surface area contributed by atoms with Gasteiger partial charge in [0.1, 0.15) is 5.69 Å². The summed E-state index contributed by atoms with van der Waals surface area (Å²) in [6.45, 7) is 0.636. The van der Waals surface area contributed by atoms with E-state index in [9.17, 15) is 5.11 Å². The monoisotopic (exact) mass is 233 g/mol. The van der Waals surface area contributed by atoms with Crippen LogP contribution in [0.15, 0.2) is 12.4 Å². The lowest BCUT2D eigenvalue weighted by Crippen LogP contribution is -2.17. The smallest absolute Gasteiger partial charge is 0.104 e. The molecule has 0 aliphatic heterocycles. The van der Waals surface area contributed by atoms with Gasteiger partial charge in [0.25, 0.3) is 0 Å². The molecule has 1 aliphatic rings. The van der Waals surface area contributed by atoms with Crippen molar-refractivity contribution < 1.29 is 5.11 Å². The number of nitrogens with zero attached hydrogens (tertiary/aromatic N) is 5. The van der Waals surface area contributed by atoms with E-state index < -0.39 is 0 Å². The molecule has 0 saturated heterocycles. The van der Waals surface area contributed by atoms with Gasteiger partial charge in [-0.2, -0.15) is 5.10 Å². The number of fused-ring (bicyclic) bond motifs is 1. The van der Waals surface area contributed by atoms with Crippen molar-refractivity contribution in [3.05, 3.63) is 29.3 Å². The summed E-state index contributed by atoms with van der Waals surface area (Å²) in [7, 11) is 1.85. The van der Waals surface area contributed by atoms with Crippen LogP contribution in [0.25, 0.3) is 0 Å². The lowest BCUT2D eigenvalue weighted by atomic mass is 9.96. The zero-order chi connectivity index (χ0) is 11.8. The number of rotatable bonds is 2. The molecule has 0 amide bonds. The molecule has 6 nitrogen and oxygen atoms in total. The lowest BCUT2D eigenvalue weighted by Gasteiger charge is -2.14. The van der Waals surface area contributed by atoms with Crippen molar-refractivity contribution in [1.82, 2.24) is 24.8 Å². The summed E-state index contributed by atoms with van der Waals surface area (Å²) in [6.07, 6.45) is 6.12. The van der Waals surface area contributed by atoms with Gasteiger partial charge in [-0.05, 0) is 18.4 Å². The van der Waals surface area contributed by atoms with Crippen molar-refractivity contribution in [2.24, 2.45) is 7.05 Å². The molecule has 0 bridgehead atoms. The van der Waals surface area contributed by atoms with Crippen LogP contribution in [0.3, 0.4) is 0 Å². The van der Waals surface area contributed by atoms with E-state index in [2.05, 4.69) is 21.6 Å². The average Bonchev–Trinajstić information content (AvgIpc) is 2.84. The van der Waals surface area contributed by atoms with Gasteiger partial charge in [-0.3, -0.25) is 9.36 Å². The van der Waals surface area contributed by atoms with Crippen LogP contribution in [0.4, 0.5) is 0 Å². The van der Waals surface area contributed by atoms with Crippen molar-refractivity contribution >= 4 is 0 Å². The van der Waals surface area contributed by atoms with Crippen LogP contribution in [0.2, 0.25) is 0 Å². The molecule has 2 aromatic heterocycles. The third-order valence-corrected chi connectivity index (χ3v) is 3.07. The van der Waals surface area contributed by atoms with Gasteiger partial charge in [-0.15, -0.1) is 5.10 Å². The molecule has 6 heteroatoms. The molecule has 2 aromatic rings. The van der Waals surface area contributed by atoms with Crippen molar-refractivity contribution in [3.8, 4) is 0 Å². The van der Waals surface area contributed by atoms with Gasteiger partial charge in [0, 0.05) is 25.9 Å². The summed E-state index contributed by atoms with van der Waals surface area (Å²) in [6, 6.07) is 0. The molecule has 2 heterocycles. The van der Waals surface area contributed by atoms with E-state index in [1.165, 1.54) is 5.56 Å². The van der Waals surface area contributed by atoms with E-state index in [0.29, 0.717) is 13.0 Å². The minimum absolute atomic E-state index is 0.234. The summed E-state index contributed by atoms with van der Waals surface area (Å²) in [4.78, 5) is 0. The lowest BCUT2D eigenvalue weighted by molar-refractivity contribution is 0.157. The Labute approximate surface area is 98.9 Å². The fraction of sp³-hybridized carbons (Fsp3) is 0.545. The van der Waals surface area contributed by atoms with Gasteiger partial charge in [-0.25, -0.2) is 0 Å². The molecule has 1 aliphatic carbocycles. The molecule has 1 atom stereocenters. The highest BCUT2D eigenvalue weighted by Crippen LogP contribution is 2.20. The highest BCUT2D eigenvalue weighted by molar-refractivity contribution is 5.21. The second-order valence-electron chi connectivity index (χ2n) is 4.58. The molecule has 90 valence electrons. The van der Waals surface area contributed by atoms with Crippen molar-refractivity contribution in [2.75, 3.05) is 0 Å². The SMILES string of the molecule is Cn1cc(Cn2cc3c(n2)CC(O)CC3)nn1. The largest absolute Gasteiger partial charge is 0.393 e. The second kappa shape index (κ2) is 3.96. The van der Waals surface area contributed by atoms with E-state index >= 15 is 0 Å². The van der Waals surface area contributed by atoms with E-state index in [1.54, 1.807) is 4.68 Å². The molecule has 1 unspecified atom stereocenters. The number of aromatic nitrogens is 5. The Hall–Kier alpha value is -1.69. The Bertz CT molecular complexity index is 530. The van der Waals surface area contributed by atoms with Crippen LogP contribution >= 0.6 is 0 Å². The summed E-state index contributed by atoms with van der Waals surface area (Å²) in [5.41, 5.74) is 3.17. The molecule has 0 fully saturated rings. The first-order chi connectivity index (χ1) is 8.20. The number of aryl methyl sites for hydroxylation is 2. The highest BCUT2D eigenvalue weighted by Gasteiger charge is 2.19. The topological polar surface area (TPSA) is 68.8 Å². The highest BCUT2D eigenvalue weighted by atomic mass is 16.3. The molecule has 0 spiro atoms. The van der Waals surface area contributed by atoms with Gasteiger partial charge in [0.05, 0.1) is 18.3 Å². The Morgan fingerprint density at radius 3 is 3.12 bits per heavy atom. The van der Waals surface area contributed by atoms with Crippen molar-refractivity contribution in [1.29, 1.82) is 0 Å². The van der Waals surface area contributed by atoms with E-state index in [4.69, 9.17) is 0 Å². The number of aliphatic hydroxyl groups excluding tert-OH is 1. The summed E-state index contributed by atoms with van der Waals surface area (Å²) in [5, 5.41) is 22.0. The summed E-state index contributed by atoms with van der Waals surface area (Å²) >= 11 is 0. The number of aliphatic hydroxyl groups is 1. The summed E-state index contributed by atoms with van der Waals surface area (Å²) in [5.74, 6) is 0. The van der Waals surface area contributed by atoms with E-state index in [1.807, 2.05) is 17.9 Å². The van der Waals surface area contributed by atoms with Crippen molar-refractivity contribution in [2.45, 2.75) is 31.9 Å². The normalized spacial score (nSPS) is 19.3. The number of hydrogen-bond acceptors (Lipinski definition) is 4. The third kappa shape index (κ3) is 2.08. The van der Waals surface area contributed by atoms with Gasteiger partial charge in [0.15, 0.2) is 0 Å². The first-order valence-corrected chi connectivity index (χ1v) is 5.79. The van der Waals surface area contributed by atoms with E-state index in [-0.39, 0.29) is 6.10 Å². The Morgan fingerprint density at radius 1 is 1.47 bits per heavy atom. The molecule has 1 N–H and O–H groups in total. The first-order valence-electron chi connectivity index (χ1n) is 5.79. The Balaban J connectivity index is 1.80. The Kier molecular flexibility index (Phi) is 2.44. The van der Waals surface area contributed by atoms with Crippen LogP contribution in [0, 0.1) is 0 Å². The quantitative estimate of drug-likeness (QED) is 0.787. The molecule has 17 heavy (non-hydrogen) atoms. The maximum absolute atomic E-state index is 9.58. The molecular weight excluding hydrogens is 218 g/mol. The zero-order valence-electron chi connectivity index (χ0n) is 9.74. The van der Waals surface area contributed by atoms with E-state index in [0.717, 1.165) is 24.2 Å². The third-order valence-electron chi connectivity index (χ3n) is 3.07. The van der Waals surface area contributed by atoms with Gasteiger partial charge in [0.2, 0.25) is 0 Å². The van der Waals surface area contributed by atoms with Crippen LogP contribution in [-0.2, 0) is 26.4 Å². The van der Waals surface area contributed by atoms with Crippen LogP contribution in [0.5, 0.6) is 0 Å². The van der Waals surface area contributed by atoms with Crippen molar-refractivity contribution in [3.63, 3.8) is 0 Å². The molecular formula is C11H15N5O. The maximum atomic E-state index is 9.58. The predicted molar refractivity (Wildman–Crippen MR) is 60.4 cm³/mol. The predicted octanol–water partition coefficient (Wildman–Crippen LogP) is -0.0905. The van der Waals surface area contributed by atoms with Crippen LogP contribution in [0.1, 0.15) is 23.4 Å². The summed E-state index contributed by atoms with van der Waals surface area (Å²) < 4.78 is 3.56.